The zero-order chi connectivity index (χ0) is 18.8. The number of esters is 1. The Bertz CT molecular complexity index is 857. The topological polar surface area (TPSA) is 58.6 Å². The smallest absolute Gasteiger partial charge is 0.341 e. The fourth-order valence-electron chi connectivity index (χ4n) is 3.37. The van der Waals surface area contributed by atoms with E-state index >= 15 is 0 Å². The second kappa shape index (κ2) is 7.60. The highest BCUT2D eigenvalue weighted by Gasteiger charge is 2.29. The summed E-state index contributed by atoms with van der Waals surface area (Å²) in [4.78, 5) is 28.6. The first kappa shape index (κ1) is 18.6. The van der Waals surface area contributed by atoms with Crippen LogP contribution >= 0.6 is 11.3 Å². The molecule has 1 N–H and O–H groups in total. The van der Waals surface area contributed by atoms with Gasteiger partial charge in [0, 0.05) is 23.5 Å². The van der Waals surface area contributed by atoms with Crippen molar-refractivity contribution in [3.63, 3.8) is 0 Å². The van der Waals surface area contributed by atoms with Gasteiger partial charge in [-0.05, 0) is 44.0 Å². The van der Waals surface area contributed by atoms with Crippen LogP contribution in [0.5, 0.6) is 0 Å². The molecule has 6 heteroatoms. The lowest BCUT2D eigenvalue weighted by Crippen LogP contribution is -2.29. The minimum Gasteiger partial charge on any atom is -0.465 e. The standard InChI is InChI=1S/C20H24N2O3S/c1-5-22-9-8-15-16(11-22)26-19(17(15)20(24)25-4)21-18(23)14-7-6-12(2)10-13(14)3/h6-7,10H,5,8-9,11H2,1-4H3,(H,21,23). The maximum absolute atomic E-state index is 12.8. The average Bonchev–Trinajstić information content (AvgIpc) is 2.97. The summed E-state index contributed by atoms with van der Waals surface area (Å²) in [7, 11) is 1.38. The van der Waals surface area contributed by atoms with Gasteiger partial charge in [-0.3, -0.25) is 9.69 Å². The van der Waals surface area contributed by atoms with Crippen molar-refractivity contribution in [2.75, 3.05) is 25.5 Å². The third-order valence-electron chi connectivity index (χ3n) is 4.83. The Morgan fingerprint density at radius 2 is 2.08 bits per heavy atom. The Hall–Kier alpha value is -2.18. The molecule has 0 bridgehead atoms. The van der Waals surface area contributed by atoms with Crippen LogP contribution in [0.1, 0.15) is 49.2 Å². The second-order valence-electron chi connectivity index (χ2n) is 6.59. The van der Waals surface area contributed by atoms with E-state index < -0.39 is 0 Å². The van der Waals surface area contributed by atoms with E-state index in [1.54, 1.807) is 0 Å². The molecule has 0 saturated carbocycles. The van der Waals surface area contributed by atoms with Gasteiger partial charge in [0.25, 0.3) is 5.91 Å². The summed E-state index contributed by atoms with van der Waals surface area (Å²) in [6, 6.07) is 5.72. The van der Waals surface area contributed by atoms with Crippen molar-refractivity contribution in [3.05, 3.63) is 50.9 Å². The molecular weight excluding hydrogens is 348 g/mol. The highest BCUT2D eigenvalue weighted by atomic mass is 32.1. The quantitative estimate of drug-likeness (QED) is 0.830. The number of hydrogen-bond donors (Lipinski definition) is 1. The van der Waals surface area contributed by atoms with Gasteiger partial charge < -0.3 is 10.1 Å². The number of benzene rings is 1. The van der Waals surface area contributed by atoms with Crippen molar-refractivity contribution in [2.24, 2.45) is 0 Å². The number of carbonyl (C=O) groups excluding carboxylic acids is 2. The molecule has 2 aromatic rings. The van der Waals surface area contributed by atoms with E-state index in [1.165, 1.54) is 18.4 Å². The van der Waals surface area contributed by atoms with Crippen molar-refractivity contribution in [3.8, 4) is 0 Å². The minimum absolute atomic E-state index is 0.196. The van der Waals surface area contributed by atoms with Gasteiger partial charge in [0.05, 0.1) is 12.7 Å². The van der Waals surface area contributed by atoms with Crippen LogP contribution in [0.15, 0.2) is 18.2 Å². The van der Waals surface area contributed by atoms with Crippen molar-refractivity contribution in [2.45, 2.75) is 33.7 Å². The minimum atomic E-state index is -0.386. The van der Waals surface area contributed by atoms with Gasteiger partial charge in [-0.1, -0.05) is 24.6 Å². The SMILES string of the molecule is CCN1CCc2c(sc(NC(=O)c3ccc(C)cc3C)c2C(=O)OC)C1. The number of ether oxygens (including phenoxy) is 1. The van der Waals surface area contributed by atoms with Crippen LogP contribution in [0.25, 0.3) is 0 Å². The van der Waals surface area contributed by atoms with Crippen molar-refractivity contribution in [1.82, 2.24) is 4.90 Å². The number of nitrogens with one attached hydrogen (secondary N) is 1. The van der Waals surface area contributed by atoms with Gasteiger partial charge in [0.2, 0.25) is 0 Å². The van der Waals surface area contributed by atoms with Crippen molar-refractivity contribution in [1.29, 1.82) is 0 Å². The highest BCUT2D eigenvalue weighted by Crippen LogP contribution is 2.37. The van der Waals surface area contributed by atoms with E-state index in [9.17, 15) is 9.59 Å². The number of likely N-dealkylation sites (N-methyl/N-ethyl adjacent to an activating group) is 1. The highest BCUT2D eigenvalue weighted by molar-refractivity contribution is 7.17. The predicted molar refractivity (Wildman–Crippen MR) is 104 cm³/mol. The Labute approximate surface area is 158 Å². The van der Waals surface area contributed by atoms with E-state index in [2.05, 4.69) is 17.1 Å². The molecule has 5 nitrogen and oxygen atoms in total. The number of nitrogens with zero attached hydrogens (tertiary/aromatic N) is 1. The van der Waals surface area contributed by atoms with Crippen LogP contribution in [0, 0.1) is 13.8 Å². The molecule has 1 aromatic carbocycles. The Morgan fingerprint density at radius 3 is 2.73 bits per heavy atom. The van der Waals surface area contributed by atoms with Gasteiger partial charge in [0.15, 0.2) is 0 Å². The number of methoxy groups -OCH3 is 1. The summed E-state index contributed by atoms with van der Waals surface area (Å²) in [5, 5.41) is 3.54. The molecular formula is C20H24N2O3S. The molecule has 2 heterocycles. The van der Waals surface area contributed by atoms with E-state index in [-0.39, 0.29) is 11.9 Å². The summed E-state index contributed by atoms with van der Waals surface area (Å²) < 4.78 is 4.98. The molecule has 1 aliphatic rings. The maximum atomic E-state index is 12.8. The maximum Gasteiger partial charge on any atom is 0.341 e. The normalized spacial score (nSPS) is 14.0. The lowest BCUT2D eigenvalue weighted by atomic mass is 10.0. The first-order valence-corrected chi connectivity index (χ1v) is 9.60. The molecule has 3 rings (SSSR count). The third-order valence-corrected chi connectivity index (χ3v) is 5.96. The summed E-state index contributed by atoms with van der Waals surface area (Å²) >= 11 is 1.48. The summed E-state index contributed by atoms with van der Waals surface area (Å²) in [5.74, 6) is -0.582. The zero-order valence-electron chi connectivity index (χ0n) is 15.6. The molecule has 0 aliphatic carbocycles. The number of aryl methyl sites for hydroxylation is 2. The van der Waals surface area contributed by atoms with E-state index in [0.717, 1.165) is 47.6 Å². The van der Waals surface area contributed by atoms with Crippen molar-refractivity contribution < 1.29 is 14.3 Å². The number of thiophene rings is 1. The van der Waals surface area contributed by atoms with Crippen LogP contribution in [0.4, 0.5) is 5.00 Å². The van der Waals surface area contributed by atoms with Crippen LogP contribution in [-0.4, -0.2) is 37.0 Å². The lowest BCUT2D eigenvalue weighted by molar-refractivity contribution is 0.0600. The van der Waals surface area contributed by atoms with Crippen LogP contribution < -0.4 is 5.32 Å². The summed E-state index contributed by atoms with van der Waals surface area (Å²) in [6.07, 6.45) is 0.795. The molecule has 1 amide bonds. The molecule has 26 heavy (non-hydrogen) atoms. The Kier molecular flexibility index (Phi) is 5.44. The number of rotatable bonds is 4. The zero-order valence-corrected chi connectivity index (χ0v) is 16.5. The van der Waals surface area contributed by atoms with E-state index in [1.807, 2.05) is 32.0 Å². The fourth-order valence-corrected chi connectivity index (χ4v) is 4.64. The summed E-state index contributed by atoms with van der Waals surface area (Å²) in [6.45, 7) is 8.73. The second-order valence-corrected chi connectivity index (χ2v) is 7.70. The largest absolute Gasteiger partial charge is 0.465 e. The number of fused-ring (bicyclic) bond motifs is 1. The average molecular weight is 372 g/mol. The molecule has 0 radical (unpaired) electrons. The number of hydrogen-bond acceptors (Lipinski definition) is 5. The van der Waals surface area contributed by atoms with Gasteiger partial charge in [-0.25, -0.2) is 4.79 Å². The van der Waals surface area contributed by atoms with Crippen LogP contribution in [0.2, 0.25) is 0 Å². The number of anilines is 1. The van der Waals surface area contributed by atoms with Gasteiger partial charge in [-0.15, -0.1) is 11.3 Å². The molecule has 0 fully saturated rings. The Balaban J connectivity index is 1.95. The van der Waals surface area contributed by atoms with Gasteiger partial charge in [-0.2, -0.15) is 0 Å². The van der Waals surface area contributed by atoms with Crippen LogP contribution in [-0.2, 0) is 17.7 Å². The molecule has 0 unspecified atom stereocenters. The van der Waals surface area contributed by atoms with Crippen molar-refractivity contribution >= 4 is 28.2 Å². The fraction of sp³-hybridized carbons (Fsp3) is 0.400. The lowest BCUT2D eigenvalue weighted by Gasteiger charge is -2.25. The molecule has 0 atom stereocenters. The monoisotopic (exact) mass is 372 g/mol. The van der Waals surface area contributed by atoms with E-state index in [4.69, 9.17) is 4.74 Å². The Morgan fingerprint density at radius 1 is 1.31 bits per heavy atom. The number of amides is 1. The molecule has 0 spiro atoms. The number of carbonyl (C=O) groups is 2. The molecule has 0 saturated heterocycles. The first-order valence-electron chi connectivity index (χ1n) is 8.78. The first-order chi connectivity index (χ1) is 12.4. The van der Waals surface area contributed by atoms with E-state index in [0.29, 0.717) is 16.1 Å². The third kappa shape index (κ3) is 3.52. The summed E-state index contributed by atoms with van der Waals surface area (Å²) in [5.41, 5.74) is 4.18. The molecule has 1 aliphatic heterocycles. The van der Waals surface area contributed by atoms with Gasteiger partial charge >= 0.3 is 5.97 Å². The predicted octanol–water partition coefficient (Wildman–Crippen LogP) is 3.78. The van der Waals surface area contributed by atoms with Gasteiger partial charge in [0.1, 0.15) is 5.00 Å². The molecule has 138 valence electrons. The molecule has 1 aromatic heterocycles. The van der Waals surface area contributed by atoms with Crippen LogP contribution in [0.3, 0.4) is 0 Å².